The molecule has 2 aliphatic rings. The monoisotopic (exact) mass is 400 g/mol. The molecule has 1 unspecified atom stereocenters. The predicted molar refractivity (Wildman–Crippen MR) is 111 cm³/mol. The summed E-state index contributed by atoms with van der Waals surface area (Å²) in [4.78, 5) is 26.6. The first-order chi connectivity index (χ1) is 12.8. The van der Waals surface area contributed by atoms with Crippen LogP contribution in [-0.2, 0) is 9.47 Å². The second kappa shape index (κ2) is 10.3. The fraction of sp³-hybridized carbons (Fsp3) is 0.900. The molecule has 2 rings (SSSR count). The number of ether oxygens (including phenoxy) is 2. The van der Waals surface area contributed by atoms with Crippen LogP contribution in [0.15, 0.2) is 0 Å². The Morgan fingerprint density at radius 1 is 0.750 bits per heavy atom. The van der Waals surface area contributed by atoms with Gasteiger partial charge in [0.15, 0.2) is 0 Å². The van der Waals surface area contributed by atoms with Gasteiger partial charge in [-0.3, -0.25) is 0 Å². The van der Waals surface area contributed by atoms with Crippen molar-refractivity contribution < 1.29 is 19.1 Å². The second-order valence-electron chi connectivity index (χ2n) is 9.48. The first-order valence-electron chi connectivity index (χ1n) is 10.1. The van der Waals surface area contributed by atoms with Gasteiger partial charge in [-0.05, 0) is 67.5 Å². The normalized spacial score (nSPS) is 22.1. The Morgan fingerprint density at radius 3 is 1.29 bits per heavy atom. The molecule has 0 saturated carbocycles. The van der Waals surface area contributed by atoms with Gasteiger partial charge in [-0.15, -0.1) is 0 Å². The highest BCUT2D eigenvalue weighted by Gasteiger charge is 2.28. The van der Waals surface area contributed by atoms with Crippen LogP contribution in [0.3, 0.4) is 0 Å². The van der Waals surface area contributed by atoms with Crippen LogP contribution in [0, 0.1) is 0 Å². The largest absolute Gasteiger partial charge is 0.444 e. The summed E-state index contributed by atoms with van der Waals surface area (Å²) in [6.07, 6.45) is 1.56. The van der Waals surface area contributed by atoms with Crippen molar-refractivity contribution in [3.63, 3.8) is 0 Å². The lowest BCUT2D eigenvalue weighted by Crippen LogP contribution is -2.41. The van der Waals surface area contributed by atoms with Crippen molar-refractivity contribution in [3.8, 4) is 0 Å². The standard InChI is InChI=1S/2C10H20N2O2/c2*1-10(2,3)14-9(13)12(4)8-5-6-11-7-8/h2*8,11H,5-7H2,1-4H3/t8-;/m0./s1. The quantitative estimate of drug-likeness (QED) is 0.741. The van der Waals surface area contributed by atoms with Gasteiger partial charge in [-0.2, -0.15) is 0 Å². The van der Waals surface area contributed by atoms with E-state index in [0.717, 1.165) is 39.0 Å². The van der Waals surface area contributed by atoms with E-state index < -0.39 is 11.2 Å². The summed E-state index contributed by atoms with van der Waals surface area (Å²) in [6.45, 7) is 15.0. The molecule has 2 amide bonds. The number of hydrogen-bond acceptors (Lipinski definition) is 6. The number of likely N-dealkylation sites (N-methyl/N-ethyl adjacent to an activating group) is 2. The van der Waals surface area contributed by atoms with Crippen LogP contribution in [0.4, 0.5) is 9.59 Å². The van der Waals surface area contributed by atoms with Gasteiger partial charge in [0.1, 0.15) is 11.2 Å². The molecule has 2 aliphatic heterocycles. The fourth-order valence-corrected chi connectivity index (χ4v) is 2.91. The third-order valence-electron chi connectivity index (χ3n) is 4.53. The van der Waals surface area contributed by atoms with Crippen molar-refractivity contribution in [2.75, 3.05) is 40.3 Å². The zero-order valence-electron chi connectivity index (χ0n) is 18.9. The van der Waals surface area contributed by atoms with E-state index in [1.165, 1.54) is 0 Å². The van der Waals surface area contributed by atoms with E-state index in [1.807, 2.05) is 41.5 Å². The molecule has 2 saturated heterocycles. The molecular formula is C20H40N4O4. The molecule has 2 atom stereocenters. The van der Waals surface area contributed by atoms with Crippen LogP contribution in [0.1, 0.15) is 54.4 Å². The van der Waals surface area contributed by atoms with E-state index in [0.29, 0.717) is 0 Å². The lowest BCUT2D eigenvalue weighted by molar-refractivity contribution is 0.0226. The van der Waals surface area contributed by atoms with Crippen LogP contribution in [-0.4, -0.2) is 85.5 Å². The van der Waals surface area contributed by atoms with E-state index in [4.69, 9.17) is 9.47 Å². The predicted octanol–water partition coefficient (Wildman–Crippen LogP) is 2.43. The van der Waals surface area contributed by atoms with Gasteiger partial charge in [0, 0.05) is 39.3 Å². The third-order valence-corrected chi connectivity index (χ3v) is 4.53. The summed E-state index contributed by atoms with van der Waals surface area (Å²) >= 11 is 0. The molecule has 164 valence electrons. The topological polar surface area (TPSA) is 83.1 Å². The number of hydrogen-bond donors (Lipinski definition) is 2. The number of rotatable bonds is 2. The number of carbonyl (C=O) groups is 2. The molecule has 2 fully saturated rings. The molecule has 0 aromatic heterocycles. The number of nitrogens with one attached hydrogen (secondary N) is 2. The van der Waals surface area contributed by atoms with Gasteiger partial charge in [0.05, 0.1) is 0 Å². The lowest BCUT2D eigenvalue weighted by atomic mass is 10.2. The minimum atomic E-state index is -0.405. The van der Waals surface area contributed by atoms with Crippen LogP contribution < -0.4 is 10.6 Å². The van der Waals surface area contributed by atoms with Crippen LogP contribution in [0.2, 0.25) is 0 Å². The molecule has 0 bridgehead atoms. The molecule has 0 aromatic rings. The summed E-state index contributed by atoms with van der Waals surface area (Å²) in [5.74, 6) is 0. The zero-order chi connectivity index (χ0) is 21.5. The Bertz CT molecular complexity index is 455. The average Bonchev–Trinajstić information content (AvgIpc) is 3.24. The van der Waals surface area contributed by atoms with Gasteiger partial charge in [-0.25, -0.2) is 9.59 Å². The van der Waals surface area contributed by atoms with E-state index >= 15 is 0 Å². The maximum absolute atomic E-state index is 11.6. The molecule has 0 spiro atoms. The molecular weight excluding hydrogens is 360 g/mol. The molecule has 8 nitrogen and oxygen atoms in total. The van der Waals surface area contributed by atoms with Crippen molar-refractivity contribution >= 4 is 12.2 Å². The summed E-state index contributed by atoms with van der Waals surface area (Å²) < 4.78 is 10.5. The Hall–Kier alpha value is -1.54. The van der Waals surface area contributed by atoms with Gasteiger partial charge < -0.3 is 29.9 Å². The first kappa shape index (κ1) is 24.5. The average molecular weight is 401 g/mol. The smallest absolute Gasteiger partial charge is 0.410 e. The van der Waals surface area contributed by atoms with Gasteiger partial charge in [-0.1, -0.05) is 0 Å². The third kappa shape index (κ3) is 9.10. The molecule has 2 heterocycles. The molecule has 0 aromatic carbocycles. The Balaban J connectivity index is 0.000000280. The number of amides is 2. The first-order valence-corrected chi connectivity index (χ1v) is 10.1. The van der Waals surface area contributed by atoms with E-state index in [-0.39, 0.29) is 24.3 Å². The highest BCUT2D eigenvalue weighted by molar-refractivity contribution is 5.68. The molecule has 8 heteroatoms. The Kier molecular flexibility index (Phi) is 9.01. The SMILES string of the molecule is CN(C(=O)OC(C)(C)C)C1CCNC1.CN(C(=O)OC(C)(C)C)[C@H]1CCNC1. The summed E-state index contributed by atoms with van der Waals surface area (Å²) in [5.41, 5.74) is -0.811. The Labute approximate surface area is 170 Å². The highest BCUT2D eigenvalue weighted by atomic mass is 16.6. The summed E-state index contributed by atoms with van der Waals surface area (Å²) in [5, 5.41) is 6.44. The van der Waals surface area contributed by atoms with E-state index in [2.05, 4.69) is 10.6 Å². The van der Waals surface area contributed by atoms with Crippen LogP contribution >= 0.6 is 0 Å². The maximum Gasteiger partial charge on any atom is 0.410 e. The zero-order valence-corrected chi connectivity index (χ0v) is 18.9. The van der Waals surface area contributed by atoms with E-state index in [1.54, 1.807) is 23.9 Å². The van der Waals surface area contributed by atoms with Crippen LogP contribution in [0.25, 0.3) is 0 Å². The molecule has 28 heavy (non-hydrogen) atoms. The van der Waals surface area contributed by atoms with Gasteiger partial charge in [0.2, 0.25) is 0 Å². The molecule has 0 aliphatic carbocycles. The summed E-state index contributed by atoms with van der Waals surface area (Å²) in [7, 11) is 3.59. The van der Waals surface area contributed by atoms with Crippen molar-refractivity contribution in [1.82, 2.24) is 20.4 Å². The fourth-order valence-electron chi connectivity index (χ4n) is 2.91. The van der Waals surface area contributed by atoms with Crippen LogP contribution in [0.5, 0.6) is 0 Å². The van der Waals surface area contributed by atoms with Crippen molar-refractivity contribution in [2.45, 2.75) is 77.7 Å². The Morgan fingerprint density at radius 2 is 1.07 bits per heavy atom. The highest BCUT2D eigenvalue weighted by Crippen LogP contribution is 2.14. The minimum absolute atomic E-state index is 0.230. The number of carbonyl (C=O) groups excluding carboxylic acids is 2. The van der Waals surface area contributed by atoms with E-state index in [9.17, 15) is 9.59 Å². The minimum Gasteiger partial charge on any atom is -0.444 e. The second-order valence-corrected chi connectivity index (χ2v) is 9.48. The summed E-state index contributed by atoms with van der Waals surface area (Å²) in [6, 6.07) is 0.565. The van der Waals surface area contributed by atoms with Gasteiger partial charge >= 0.3 is 12.2 Å². The van der Waals surface area contributed by atoms with Gasteiger partial charge in [0.25, 0.3) is 0 Å². The number of nitrogens with zero attached hydrogens (tertiary/aromatic N) is 2. The maximum atomic E-state index is 11.6. The lowest BCUT2D eigenvalue weighted by Gasteiger charge is -2.28. The molecule has 0 radical (unpaired) electrons. The van der Waals surface area contributed by atoms with Crippen molar-refractivity contribution in [2.24, 2.45) is 0 Å². The van der Waals surface area contributed by atoms with Crippen molar-refractivity contribution in [3.05, 3.63) is 0 Å². The van der Waals surface area contributed by atoms with Crippen molar-refractivity contribution in [1.29, 1.82) is 0 Å². The molecule has 2 N–H and O–H groups in total.